The second-order valence-corrected chi connectivity index (χ2v) is 6.51. The van der Waals surface area contributed by atoms with Gasteiger partial charge in [-0.1, -0.05) is 22.0 Å². The molecule has 18 heavy (non-hydrogen) atoms. The fourth-order valence-corrected chi connectivity index (χ4v) is 3.69. The van der Waals surface area contributed by atoms with Crippen LogP contribution in [0.3, 0.4) is 0 Å². The molecule has 1 nitrogen and oxygen atoms in total. The third kappa shape index (κ3) is 2.76. The number of ether oxygens (including phenoxy) is 1. The summed E-state index contributed by atoms with van der Waals surface area (Å²) in [6.45, 7) is 8.11. The Morgan fingerprint density at radius 3 is 2.67 bits per heavy atom. The lowest BCUT2D eigenvalue weighted by molar-refractivity contribution is 0.0530. The van der Waals surface area contributed by atoms with Crippen LogP contribution < -0.4 is 0 Å². The van der Waals surface area contributed by atoms with Gasteiger partial charge in [0.25, 0.3) is 0 Å². The van der Waals surface area contributed by atoms with Crippen molar-refractivity contribution in [2.24, 2.45) is 5.92 Å². The maximum atomic E-state index is 6.72. The Labute approximate surface area is 123 Å². The largest absolute Gasteiger partial charge is 0.381 e. The molecule has 1 aliphatic heterocycles. The minimum absolute atomic E-state index is 0.0576. The smallest absolute Gasteiger partial charge is 0.0640 e. The lowest BCUT2D eigenvalue weighted by atomic mass is 9.88. The minimum atomic E-state index is 0.0576. The van der Waals surface area contributed by atoms with Gasteiger partial charge >= 0.3 is 0 Å². The first-order valence-electron chi connectivity index (χ1n) is 6.50. The molecule has 0 amide bonds. The summed E-state index contributed by atoms with van der Waals surface area (Å²) in [5.74, 6) is 0.437. The highest BCUT2D eigenvalue weighted by atomic mass is 79.9. The van der Waals surface area contributed by atoms with E-state index in [1.807, 2.05) is 0 Å². The molecular formula is C15H20BrClO. The Morgan fingerprint density at radius 1 is 1.33 bits per heavy atom. The van der Waals surface area contributed by atoms with Gasteiger partial charge < -0.3 is 4.74 Å². The topological polar surface area (TPSA) is 9.23 Å². The molecule has 1 saturated heterocycles. The Morgan fingerprint density at radius 2 is 2.06 bits per heavy atom. The molecule has 3 heteroatoms. The second-order valence-electron chi connectivity index (χ2n) is 5.24. The van der Waals surface area contributed by atoms with Gasteiger partial charge in [-0.05, 0) is 55.9 Å². The predicted molar refractivity (Wildman–Crippen MR) is 80.5 cm³/mol. The SMILES string of the molecule is Cc1cc(C)c(C(Cl)C2CCCOC2)c(C)c1Br. The molecule has 0 spiro atoms. The van der Waals surface area contributed by atoms with E-state index in [9.17, 15) is 0 Å². The molecule has 1 fully saturated rings. The van der Waals surface area contributed by atoms with Crippen molar-refractivity contribution < 1.29 is 4.74 Å². The molecule has 0 N–H and O–H groups in total. The summed E-state index contributed by atoms with van der Waals surface area (Å²) in [5.41, 5.74) is 5.12. The van der Waals surface area contributed by atoms with Crippen molar-refractivity contribution in [2.75, 3.05) is 13.2 Å². The standard InChI is InChI=1S/C15H20BrClO/c1-9-7-10(2)14(16)11(3)13(9)15(17)12-5-4-6-18-8-12/h7,12,15H,4-6,8H2,1-3H3. The average molecular weight is 332 g/mol. The molecule has 100 valence electrons. The number of hydrogen-bond donors (Lipinski definition) is 0. The number of benzene rings is 1. The van der Waals surface area contributed by atoms with Crippen molar-refractivity contribution in [3.8, 4) is 0 Å². The van der Waals surface area contributed by atoms with Crippen LogP contribution in [0.4, 0.5) is 0 Å². The van der Waals surface area contributed by atoms with E-state index in [0.717, 1.165) is 19.6 Å². The second kappa shape index (κ2) is 5.94. The molecule has 0 aliphatic carbocycles. The van der Waals surface area contributed by atoms with Gasteiger partial charge in [0, 0.05) is 17.0 Å². The van der Waals surface area contributed by atoms with Crippen LogP contribution in [0.25, 0.3) is 0 Å². The van der Waals surface area contributed by atoms with Crippen LogP contribution in [0.5, 0.6) is 0 Å². The number of rotatable bonds is 2. The van der Waals surface area contributed by atoms with Crippen LogP contribution in [0.1, 0.15) is 40.5 Å². The zero-order chi connectivity index (χ0) is 13.3. The first-order valence-corrected chi connectivity index (χ1v) is 7.73. The van der Waals surface area contributed by atoms with Crippen molar-refractivity contribution in [2.45, 2.75) is 39.0 Å². The molecule has 0 radical (unpaired) electrons. The van der Waals surface area contributed by atoms with Crippen molar-refractivity contribution in [1.29, 1.82) is 0 Å². The highest BCUT2D eigenvalue weighted by Gasteiger charge is 2.27. The minimum Gasteiger partial charge on any atom is -0.381 e. The summed E-state index contributed by atoms with van der Waals surface area (Å²) in [4.78, 5) is 0. The zero-order valence-electron chi connectivity index (χ0n) is 11.2. The number of hydrogen-bond acceptors (Lipinski definition) is 1. The van der Waals surface area contributed by atoms with E-state index in [-0.39, 0.29) is 5.38 Å². The third-order valence-corrected chi connectivity index (χ3v) is 5.62. The van der Waals surface area contributed by atoms with E-state index in [2.05, 4.69) is 42.8 Å². The maximum Gasteiger partial charge on any atom is 0.0640 e. The summed E-state index contributed by atoms with van der Waals surface area (Å²) in [6, 6.07) is 2.21. The van der Waals surface area contributed by atoms with Gasteiger partial charge in [0.05, 0.1) is 12.0 Å². The highest BCUT2D eigenvalue weighted by molar-refractivity contribution is 9.10. The molecule has 0 aromatic heterocycles. The normalized spacial score (nSPS) is 21.9. The fourth-order valence-electron chi connectivity index (χ4n) is 2.83. The van der Waals surface area contributed by atoms with Crippen LogP contribution in [-0.4, -0.2) is 13.2 Å². The van der Waals surface area contributed by atoms with E-state index in [1.165, 1.54) is 33.1 Å². The first kappa shape index (κ1) is 14.4. The molecule has 1 aromatic rings. The monoisotopic (exact) mass is 330 g/mol. The van der Waals surface area contributed by atoms with Gasteiger partial charge in [-0.25, -0.2) is 0 Å². The summed E-state index contributed by atoms with van der Waals surface area (Å²) in [7, 11) is 0. The molecule has 2 unspecified atom stereocenters. The lowest BCUT2D eigenvalue weighted by Gasteiger charge is -2.29. The van der Waals surface area contributed by atoms with E-state index in [1.54, 1.807) is 0 Å². The molecule has 2 atom stereocenters. The Bertz CT molecular complexity index is 439. The predicted octanol–water partition coefficient (Wildman–Crippen LogP) is 5.08. The summed E-state index contributed by atoms with van der Waals surface area (Å²) in [5, 5.41) is 0.0576. The number of halogens is 2. The van der Waals surface area contributed by atoms with Gasteiger partial charge in [0.15, 0.2) is 0 Å². The molecule has 0 saturated carbocycles. The Balaban J connectivity index is 2.34. The van der Waals surface area contributed by atoms with Gasteiger partial charge in [-0.2, -0.15) is 0 Å². The third-order valence-electron chi connectivity index (χ3n) is 3.82. The Kier molecular flexibility index (Phi) is 4.74. The van der Waals surface area contributed by atoms with Crippen LogP contribution in [0.2, 0.25) is 0 Å². The molecule has 2 rings (SSSR count). The van der Waals surface area contributed by atoms with Crippen LogP contribution in [-0.2, 0) is 4.74 Å². The lowest BCUT2D eigenvalue weighted by Crippen LogP contribution is -2.22. The molecule has 0 bridgehead atoms. The Hall–Kier alpha value is -0.0500. The van der Waals surface area contributed by atoms with Gasteiger partial charge in [-0.15, -0.1) is 11.6 Å². The average Bonchev–Trinajstić information content (AvgIpc) is 2.37. The van der Waals surface area contributed by atoms with Crippen molar-refractivity contribution in [1.82, 2.24) is 0 Å². The van der Waals surface area contributed by atoms with E-state index in [4.69, 9.17) is 16.3 Å². The zero-order valence-corrected chi connectivity index (χ0v) is 13.6. The van der Waals surface area contributed by atoms with E-state index in [0.29, 0.717) is 5.92 Å². The quantitative estimate of drug-likeness (QED) is 0.687. The summed E-state index contributed by atoms with van der Waals surface area (Å²) in [6.07, 6.45) is 2.29. The molecule has 1 heterocycles. The van der Waals surface area contributed by atoms with E-state index < -0.39 is 0 Å². The van der Waals surface area contributed by atoms with Crippen LogP contribution in [0.15, 0.2) is 10.5 Å². The van der Waals surface area contributed by atoms with Crippen molar-refractivity contribution in [3.63, 3.8) is 0 Å². The van der Waals surface area contributed by atoms with Gasteiger partial charge in [0.1, 0.15) is 0 Å². The van der Waals surface area contributed by atoms with Gasteiger partial charge in [-0.3, -0.25) is 0 Å². The van der Waals surface area contributed by atoms with Crippen molar-refractivity contribution >= 4 is 27.5 Å². The fraction of sp³-hybridized carbons (Fsp3) is 0.600. The van der Waals surface area contributed by atoms with E-state index >= 15 is 0 Å². The van der Waals surface area contributed by atoms with Gasteiger partial charge in [0.2, 0.25) is 0 Å². The number of aryl methyl sites for hydroxylation is 2. The van der Waals surface area contributed by atoms with Crippen LogP contribution in [0, 0.1) is 26.7 Å². The maximum absolute atomic E-state index is 6.72. The number of alkyl halides is 1. The summed E-state index contributed by atoms with van der Waals surface area (Å²) < 4.78 is 6.75. The first-order chi connectivity index (χ1) is 8.52. The molecular weight excluding hydrogens is 312 g/mol. The van der Waals surface area contributed by atoms with Crippen LogP contribution >= 0.6 is 27.5 Å². The van der Waals surface area contributed by atoms with Crippen molar-refractivity contribution in [3.05, 3.63) is 32.8 Å². The molecule has 1 aliphatic rings. The molecule has 1 aromatic carbocycles. The highest BCUT2D eigenvalue weighted by Crippen LogP contribution is 2.40. The summed E-state index contributed by atoms with van der Waals surface area (Å²) >= 11 is 10.4.